The van der Waals surface area contributed by atoms with Crippen LogP contribution in [0.15, 0.2) is 48.8 Å². The first kappa shape index (κ1) is 15.3. The number of nitrogens with zero attached hydrogens (tertiary/aromatic N) is 2. The van der Waals surface area contributed by atoms with E-state index in [1.165, 1.54) is 15.3 Å². The molecule has 4 rings (SSSR count). The molecule has 0 aliphatic heterocycles. The van der Waals surface area contributed by atoms with Crippen LogP contribution in [0, 0.1) is 0 Å². The Kier molecular flexibility index (Phi) is 3.65. The number of H-pyrrole nitrogens is 1. The number of fused-ring (bicyclic) bond motifs is 2. The van der Waals surface area contributed by atoms with Crippen molar-refractivity contribution in [3.63, 3.8) is 0 Å². The lowest BCUT2D eigenvalue weighted by Gasteiger charge is -2.26. The van der Waals surface area contributed by atoms with Gasteiger partial charge in [0.25, 0.3) is 0 Å². The van der Waals surface area contributed by atoms with E-state index in [-0.39, 0.29) is 5.41 Å². The van der Waals surface area contributed by atoms with Crippen LogP contribution in [-0.2, 0) is 5.41 Å². The molecule has 1 atom stereocenters. The maximum absolute atomic E-state index is 4.87. The van der Waals surface area contributed by atoms with E-state index >= 15 is 0 Å². The third-order valence-electron chi connectivity index (χ3n) is 4.70. The summed E-state index contributed by atoms with van der Waals surface area (Å²) in [5.41, 5.74) is 4.62. The van der Waals surface area contributed by atoms with Crippen molar-refractivity contribution in [3.05, 3.63) is 59.4 Å². The second-order valence-electron chi connectivity index (χ2n) is 7.15. The lowest BCUT2D eigenvalue weighted by Crippen LogP contribution is -2.19. The van der Waals surface area contributed by atoms with E-state index in [0.29, 0.717) is 5.92 Å². The van der Waals surface area contributed by atoms with E-state index in [0.717, 1.165) is 23.0 Å². The maximum atomic E-state index is 4.87. The van der Waals surface area contributed by atoms with E-state index in [9.17, 15) is 0 Å². The number of nitrogens with one attached hydrogen (secondary N) is 1. The molecule has 0 aliphatic carbocycles. The number of imidazole rings is 1. The van der Waals surface area contributed by atoms with Crippen molar-refractivity contribution in [2.75, 3.05) is 0 Å². The lowest BCUT2D eigenvalue weighted by molar-refractivity contribution is 0.437. The standard InChI is InChI=1S/C20H21N3S/c1-13(14-8-9-15-17(10-14)22-12-21-15)11-20(2,3)19-23-16-6-4-5-7-18(16)24-19/h4-10,12-13H,11H2,1-3H3,(H,21,22). The molecule has 122 valence electrons. The first-order chi connectivity index (χ1) is 11.5. The van der Waals surface area contributed by atoms with Crippen LogP contribution in [0.3, 0.4) is 0 Å². The molecule has 0 fully saturated rings. The molecule has 3 nitrogen and oxygen atoms in total. The molecule has 1 N–H and O–H groups in total. The Morgan fingerprint density at radius 3 is 2.79 bits per heavy atom. The molecule has 0 amide bonds. The van der Waals surface area contributed by atoms with Crippen molar-refractivity contribution in [2.24, 2.45) is 0 Å². The molecule has 4 heteroatoms. The first-order valence-electron chi connectivity index (χ1n) is 8.32. The Hall–Kier alpha value is -2.20. The van der Waals surface area contributed by atoms with Crippen molar-refractivity contribution in [1.29, 1.82) is 0 Å². The monoisotopic (exact) mass is 335 g/mol. The summed E-state index contributed by atoms with van der Waals surface area (Å²) in [4.78, 5) is 12.4. The van der Waals surface area contributed by atoms with Gasteiger partial charge in [-0.1, -0.05) is 39.0 Å². The molecule has 2 aromatic heterocycles. The summed E-state index contributed by atoms with van der Waals surface area (Å²) < 4.78 is 1.27. The number of aromatic amines is 1. The van der Waals surface area contributed by atoms with Gasteiger partial charge in [-0.25, -0.2) is 9.97 Å². The van der Waals surface area contributed by atoms with Crippen LogP contribution in [0.2, 0.25) is 0 Å². The highest BCUT2D eigenvalue weighted by molar-refractivity contribution is 7.18. The molecular formula is C20H21N3S. The Labute approximate surface area is 145 Å². The van der Waals surface area contributed by atoms with E-state index in [4.69, 9.17) is 4.98 Å². The van der Waals surface area contributed by atoms with Gasteiger partial charge in [0.1, 0.15) is 0 Å². The minimum atomic E-state index is 0.0453. The first-order valence-corrected chi connectivity index (χ1v) is 9.14. The van der Waals surface area contributed by atoms with Crippen molar-refractivity contribution >= 4 is 32.6 Å². The lowest BCUT2D eigenvalue weighted by atomic mass is 9.81. The summed E-state index contributed by atoms with van der Waals surface area (Å²) in [6, 6.07) is 14.9. The minimum Gasteiger partial charge on any atom is -0.345 e. The smallest absolute Gasteiger partial charge is 0.0995 e. The summed E-state index contributed by atoms with van der Waals surface area (Å²) >= 11 is 1.82. The fourth-order valence-corrected chi connectivity index (χ4v) is 4.46. The predicted molar refractivity (Wildman–Crippen MR) is 102 cm³/mol. The van der Waals surface area contributed by atoms with Crippen LogP contribution in [-0.4, -0.2) is 15.0 Å². The van der Waals surface area contributed by atoms with Gasteiger partial charge in [-0.05, 0) is 42.2 Å². The molecule has 0 bridgehead atoms. The SMILES string of the molecule is CC(CC(C)(C)c1nc2ccccc2s1)c1ccc2[nH]cnc2c1. The van der Waals surface area contributed by atoms with Gasteiger partial charge in [0.05, 0.1) is 32.6 Å². The topological polar surface area (TPSA) is 41.6 Å². The summed E-state index contributed by atoms with van der Waals surface area (Å²) in [5.74, 6) is 0.452. The summed E-state index contributed by atoms with van der Waals surface area (Å²) in [5, 5.41) is 1.22. The van der Waals surface area contributed by atoms with Gasteiger partial charge < -0.3 is 4.98 Å². The van der Waals surface area contributed by atoms with E-state index in [1.807, 2.05) is 11.3 Å². The molecule has 0 radical (unpaired) electrons. The molecule has 0 aliphatic rings. The average molecular weight is 335 g/mol. The summed E-state index contributed by atoms with van der Waals surface area (Å²) in [6.45, 7) is 6.89. The quantitative estimate of drug-likeness (QED) is 0.524. The highest BCUT2D eigenvalue weighted by Gasteiger charge is 2.27. The number of rotatable bonds is 4. The number of benzene rings is 2. The van der Waals surface area contributed by atoms with Crippen LogP contribution >= 0.6 is 11.3 Å². The molecule has 0 spiro atoms. The van der Waals surface area contributed by atoms with Gasteiger partial charge in [-0.15, -0.1) is 11.3 Å². The van der Waals surface area contributed by atoms with Crippen LogP contribution in [0.4, 0.5) is 0 Å². The third kappa shape index (κ3) is 2.71. The maximum Gasteiger partial charge on any atom is 0.0995 e. The fraction of sp³-hybridized carbons (Fsp3) is 0.300. The zero-order chi connectivity index (χ0) is 16.7. The normalized spacial score (nSPS) is 13.6. The predicted octanol–water partition coefficient (Wildman–Crippen LogP) is 5.64. The van der Waals surface area contributed by atoms with Crippen molar-refractivity contribution in [3.8, 4) is 0 Å². The highest BCUT2D eigenvalue weighted by Crippen LogP contribution is 2.38. The Morgan fingerprint density at radius 2 is 1.96 bits per heavy atom. The van der Waals surface area contributed by atoms with Gasteiger partial charge in [0.15, 0.2) is 0 Å². The van der Waals surface area contributed by atoms with Crippen LogP contribution in [0.1, 0.15) is 43.7 Å². The van der Waals surface area contributed by atoms with E-state index in [2.05, 4.69) is 73.2 Å². The highest BCUT2D eigenvalue weighted by atomic mass is 32.1. The van der Waals surface area contributed by atoms with Gasteiger partial charge >= 0.3 is 0 Å². The third-order valence-corrected chi connectivity index (χ3v) is 6.11. The van der Waals surface area contributed by atoms with Crippen LogP contribution < -0.4 is 0 Å². The van der Waals surface area contributed by atoms with Crippen molar-refractivity contribution < 1.29 is 0 Å². The molecular weight excluding hydrogens is 314 g/mol. The molecule has 4 aromatic rings. The number of aromatic nitrogens is 3. The van der Waals surface area contributed by atoms with Crippen LogP contribution in [0.25, 0.3) is 21.3 Å². The molecule has 1 unspecified atom stereocenters. The van der Waals surface area contributed by atoms with Gasteiger partial charge in [0, 0.05) is 5.41 Å². The summed E-state index contributed by atoms with van der Waals surface area (Å²) in [7, 11) is 0. The number of hydrogen-bond donors (Lipinski definition) is 1. The molecule has 0 saturated carbocycles. The largest absolute Gasteiger partial charge is 0.345 e. The second-order valence-corrected chi connectivity index (χ2v) is 8.19. The number of thiazole rings is 1. The van der Waals surface area contributed by atoms with Gasteiger partial charge in [-0.3, -0.25) is 0 Å². The molecule has 2 aromatic carbocycles. The molecule has 2 heterocycles. The Balaban J connectivity index is 1.61. The zero-order valence-corrected chi connectivity index (χ0v) is 15.0. The Morgan fingerprint density at radius 1 is 1.12 bits per heavy atom. The Bertz CT molecular complexity index is 963. The average Bonchev–Trinajstić information content (AvgIpc) is 3.20. The van der Waals surface area contributed by atoms with Crippen molar-refractivity contribution in [1.82, 2.24) is 15.0 Å². The summed E-state index contributed by atoms with van der Waals surface area (Å²) in [6.07, 6.45) is 2.81. The van der Waals surface area contributed by atoms with Gasteiger partial charge in [-0.2, -0.15) is 0 Å². The minimum absolute atomic E-state index is 0.0453. The second kappa shape index (κ2) is 5.71. The van der Waals surface area contributed by atoms with Crippen molar-refractivity contribution in [2.45, 2.75) is 38.5 Å². The number of para-hydroxylation sites is 1. The zero-order valence-electron chi connectivity index (χ0n) is 14.2. The molecule has 0 saturated heterocycles. The van der Waals surface area contributed by atoms with Gasteiger partial charge in [0.2, 0.25) is 0 Å². The van der Waals surface area contributed by atoms with E-state index < -0.39 is 0 Å². The van der Waals surface area contributed by atoms with Crippen LogP contribution in [0.5, 0.6) is 0 Å². The number of hydrogen-bond acceptors (Lipinski definition) is 3. The molecule has 24 heavy (non-hydrogen) atoms. The van der Waals surface area contributed by atoms with E-state index in [1.54, 1.807) is 6.33 Å². The fourth-order valence-electron chi connectivity index (χ4n) is 3.39.